The molecule has 0 spiro atoms. The van der Waals surface area contributed by atoms with Crippen molar-refractivity contribution in [1.29, 1.82) is 0 Å². The fourth-order valence-electron chi connectivity index (χ4n) is 4.21. The molecule has 2 heterocycles. The number of piperidine rings is 1. The summed E-state index contributed by atoms with van der Waals surface area (Å²) in [4.78, 5) is 25.9. The van der Waals surface area contributed by atoms with Gasteiger partial charge in [-0.1, -0.05) is 25.6 Å². The summed E-state index contributed by atoms with van der Waals surface area (Å²) in [6, 6.07) is 1.44. The van der Waals surface area contributed by atoms with E-state index >= 15 is 4.39 Å². The molecular formula is C21H25FN3O3Y+2. The molecule has 1 atom stereocenters. The fourth-order valence-corrected chi connectivity index (χ4v) is 4.21. The van der Waals surface area contributed by atoms with Crippen molar-refractivity contribution in [2.75, 3.05) is 25.1 Å². The largest absolute Gasteiger partial charge is 3.00 e. The van der Waals surface area contributed by atoms with Gasteiger partial charge in [0, 0.05) is 25.2 Å². The first kappa shape index (κ1) is 22.4. The molecule has 1 aromatic heterocycles. The molecule has 1 saturated carbocycles. The van der Waals surface area contributed by atoms with Crippen LogP contribution in [0.4, 0.5) is 10.1 Å². The summed E-state index contributed by atoms with van der Waals surface area (Å²) in [6.07, 6.45) is 5.84. The second-order valence-electron chi connectivity index (χ2n) is 8.55. The Kier molecular flexibility index (Phi) is 6.24. The summed E-state index contributed by atoms with van der Waals surface area (Å²) in [5, 5.41) is 0.152. The van der Waals surface area contributed by atoms with E-state index in [0.29, 0.717) is 30.0 Å². The van der Waals surface area contributed by atoms with Crippen LogP contribution in [-0.2, 0) is 37.5 Å². The van der Waals surface area contributed by atoms with E-state index in [-0.39, 0.29) is 61.2 Å². The molecule has 1 saturated heterocycles. The Balaban J connectivity index is 0.00000240. The number of benzene rings is 1. The molecule has 0 bridgehead atoms. The molecule has 4 rings (SSSR count). The van der Waals surface area contributed by atoms with E-state index in [4.69, 9.17) is 10.5 Å². The third kappa shape index (κ3) is 3.77. The smallest absolute Gasteiger partial charge is 0.492 e. The van der Waals surface area contributed by atoms with Crippen LogP contribution < -0.4 is 20.8 Å². The summed E-state index contributed by atoms with van der Waals surface area (Å²) >= 11 is 0. The molecule has 2 aliphatic rings. The van der Waals surface area contributed by atoms with Crippen molar-refractivity contribution in [2.45, 2.75) is 45.2 Å². The zero-order chi connectivity index (χ0) is 20.2. The minimum absolute atomic E-state index is 0. The van der Waals surface area contributed by atoms with Crippen LogP contribution in [-0.4, -0.2) is 37.1 Å². The maximum Gasteiger partial charge on any atom is 3.00 e. The minimum Gasteiger partial charge on any atom is -0.492 e. The van der Waals surface area contributed by atoms with Crippen molar-refractivity contribution < 1.29 is 46.6 Å². The number of aromatic nitrogens is 1. The molecule has 6 nitrogen and oxygen atoms in total. The summed E-state index contributed by atoms with van der Waals surface area (Å²) in [6.45, 7) is 5.33. The Morgan fingerprint density at radius 2 is 2.00 bits per heavy atom. The van der Waals surface area contributed by atoms with Crippen LogP contribution in [0.5, 0.6) is 5.75 Å². The van der Waals surface area contributed by atoms with Crippen molar-refractivity contribution in [1.82, 2.24) is 4.57 Å². The van der Waals surface area contributed by atoms with E-state index < -0.39 is 11.2 Å². The predicted molar refractivity (Wildman–Crippen MR) is 106 cm³/mol. The van der Waals surface area contributed by atoms with E-state index in [0.717, 1.165) is 19.3 Å². The third-order valence-corrected chi connectivity index (χ3v) is 6.08. The van der Waals surface area contributed by atoms with Crippen LogP contribution in [0.1, 0.15) is 44.7 Å². The quantitative estimate of drug-likeness (QED) is 0.688. The van der Waals surface area contributed by atoms with Gasteiger partial charge in [-0.3, -0.25) is 0 Å². The normalized spacial score (nSPS) is 21.0. The number of ether oxygens (including phenoxy) is 1. The molecule has 2 fully saturated rings. The van der Waals surface area contributed by atoms with Crippen LogP contribution in [0.25, 0.3) is 10.9 Å². The number of carbonyl (C=O) groups excluding carboxylic acids is 1. The molecular weight excluding hydrogens is 450 g/mol. The molecule has 0 amide bonds. The van der Waals surface area contributed by atoms with Crippen LogP contribution in [0.15, 0.2) is 17.1 Å². The number of nitrogens with zero attached hydrogens (tertiary/aromatic N) is 2. The number of rotatable bonds is 4. The Labute approximate surface area is 194 Å². The van der Waals surface area contributed by atoms with Crippen molar-refractivity contribution in [3.05, 3.63) is 33.9 Å². The molecule has 150 valence electrons. The Morgan fingerprint density at radius 1 is 1.31 bits per heavy atom. The number of methoxy groups -OCH3 is 1. The van der Waals surface area contributed by atoms with Crippen LogP contribution >= 0.6 is 0 Å². The number of pyridine rings is 1. The van der Waals surface area contributed by atoms with Crippen LogP contribution in [0, 0.1) is 11.2 Å². The van der Waals surface area contributed by atoms with Crippen molar-refractivity contribution in [2.24, 2.45) is 11.1 Å². The van der Waals surface area contributed by atoms with Gasteiger partial charge in [-0.2, -0.15) is 0 Å². The van der Waals surface area contributed by atoms with Crippen LogP contribution in [0.3, 0.4) is 0 Å². The van der Waals surface area contributed by atoms with E-state index in [1.54, 1.807) is 6.29 Å². The first-order chi connectivity index (χ1) is 13.3. The van der Waals surface area contributed by atoms with E-state index in [1.807, 2.05) is 9.47 Å². The number of fused-ring (bicyclic) bond motifs is 1. The number of hydrogen-bond donors (Lipinski definition) is 1. The average molecular weight is 475 g/mol. The van der Waals surface area contributed by atoms with E-state index in [2.05, 4.69) is 13.8 Å². The first-order valence-corrected chi connectivity index (χ1v) is 9.62. The molecule has 8 heteroatoms. The molecule has 2 N–H and O–H groups in total. The monoisotopic (exact) mass is 475 g/mol. The number of nitrogens with two attached hydrogens (primary N) is 1. The topological polar surface area (TPSA) is 77.6 Å². The number of halogens is 1. The van der Waals surface area contributed by atoms with Gasteiger partial charge >= 0.3 is 32.7 Å². The predicted octanol–water partition coefficient (Wildman–Crippen LogP) is 2.50. The standard InChI is InChI=1S/C21H25FN3O3.Y/c1-21(2)11-24(7-6-16(21)23)18-15(22)8-14-17(20(18)28-3)25(13-4-5-13)9-12(10-26)19(14)27;/h8-9,13,16H,4-7,11,23H2,1-3H3;/q-1;+3. The Bertz CT molecular complexity index is 1020. The average Bonchev–Trinajstić information content (AvgIpc) is 3.49. The van der Waals surface area contributed by atoms with Gasteiger partial charge in [0.05, 0.1) is 24.3 Å². The summed E-state index contributed by atoms with van der Waals surface area (Å²) in [5.41, 5.74) is 6.35. The molecule has 1 aliphatic heterocycles. The fraction of sp³-hybridized carbons (Fsp3) is 0.524. The van der Waals surface area contributed by atoms with Crippen LogP contribution in [0.2, 0.25) is 0 Å². The molecule has 1 unspecified atom stereocenters. The third-order valence-electron chi connectivity index (χ3n) is 6.08. The number of anilines is 1. The van der Waals surface area contributed by atoms with Crippen molar-refractivity contribution in [3.63, 3.8) is 0 Å². The Hall–Kier alpha value is -1.31. The molecule has 29 heavy (non-hydrogen) atoms. The zero-order valence-corrected chi connectivity index (χ0v) is 19.8. The van der Waals surface area contributed by atoms with E-state index in [1.165, 1.54) is 19.4 Å². The van der Waals surface area contributed by atoms with Gasteiger partial charge in [-0.15, -0.1) is 0 Å². The molecule has 1 aliphatic carbocycles. The number of hydrogen-bond acceptors (Lipinski definition) is 5. The summed E-state index contributed by atoms with van der Waals surface area (Å²) in [5.74, 6) is -0.194. The molecule has 1 aromatic carbocycles. The first-order valence-electron chi connectivity index (χ1n) is 9.62. The minimum atomic E-state index is -0.530. The van der Waals surface area contributed by atoms with Gasteiger partial charge in [0.15, 0.2) is 5.75 Å². The second-order valence-corrected chi connectivity index (χ2v) is 8.55. The molecule has 0 radical (unpaired) electrons. The molecule has 2 aromatic rings. The van der Waals surface area contributed by atoms with E-state index in [9.17, 15) is 9.59 Å². The second kappa shape index (κ2) is 8.08. The van der Waals surface area contributed by atoms with Crippen molar-refractivity contribution in [3.8, 4) is 5.75 Å². The summed E-state index contributed by atoms with van der Waals surface area (Å²) in [7, 11) is 1.49. The maximum atomic E-state index is 15.3. The van der Waals surface area contributed by atoms with Gasteiger partial charge in [-0.25, -0.2) is 4.39 Å². The maximum absolute atomic E-state index is 15.3. The van der Waals surface area contributed by atoms with Gasteiger partial charge in [0.1, 0.15) is 11.5 Å². The summed E-state index contributed by atoms with van der Waals surface area (Å²) < 4.78 is 22.8. The van der Waals surface area contributed by atoms with Gasteiger partial charge in [-0.05, 0) is 36.1 Å². The SMILES string of the molecule is COc1c(N2CCC(N)C(C)(C)C2)c(F)cc2c(=O)c([C-]=O)cn(C3CC3)c12.[Y+3]. The van der Waals surface area contributed by atoms with Gasteiger partial charge in [0.25, 0.3) is 0 Å². The Morgan fingerprint density at radius 3 is 2.55 bits per heavy atom. The zero-order valence-electron chi connectivity index (χ0n) is 17.0. The van der Waals surface area contributed by atoms with Gasteiger partial charge < -0.3 is 29.5 Å². The van der Waals surface area contributed by atoms with Gasteiger partial charge in [0.2, 0.25) is 0 Å². The van der Waals surface area contributed by atoms with Crippen molar-refractivity contribution >= 4 is 22.9 Å².